The largest absolute Gasteiger partial charge is 0.441 e. The van der Waals surface area contributed by atoms with Crippen LogP contribution in [-0.4, -0.2) is 23.8 Å². The SMILES string of the molecule is C=CC(C)(CCSC(F)(F)F)CNC(C)C. The van der Waals surface area contributed by atoms with E-state index in [4.69, 9.17) is 0 Å². The van der Waals surface area contributed by atoms with Crippen LogP contribution < -0.4 is 5.32 Å². The maximum atomic E-state index is 12.0. The predicted molar refractivity (Wildman–Crippen MR) is 64.6 cm³/mol. The smallest absolute Gasteiger partial charge is 0.314 e. The molecule has 0 saturated heterocycles. The summed E-state index contributed by atoms with van der Waals surface area (Å²) in [5, 5.41) is 3.22. The molecule has 0 spiro atoms. The van der Waals surface area contributed by atoms with Gasteiger partial charge in [0.15, 0.2) is 0 Å². The number of thioether (sulfide) groups is 1. The van der Waals surface area contributed by atoms with Crippen LogP contribution in [0.15, 0.2) is 12.7 Å². The van der Waals surface area contributed by atoms with Crippen molar-refractivity contribution in [3.63, 3.8) is 0 Å². The van der Waals surface area contributed by atoms with Crippen LogP contribution in [0.3, 0.4) is 0 Å². The molecule has 0 aliphatic carbocycles. The van der Waals surface area contributed by atoms with Crippen LogP contribution in [0.1, 0.15) is 27.2 Å². The molecule has 0 aromatic carbocycles. The van der Waals surface area contributed by atoms with Crippen molar-refractivity contribution in [2.75, 3.05) is 12.3 Å². The molecule has 16 heavy (non-hydrogen) atoms. The predicted octanol–water partition coefficient (Wildman–Crippen LogP) is 3.82. The quantitative estimate of drug-likeness (QED) is 0.694. The van der Waals surface area contributed by atoms with E-state index in [1.165, 1.54) is 0 Å². The number of hydrogen-bond donors (Lipinski definition) is 1. The van der Waals surface area contributed by atoms with Gasteiger partial charge in [-0.05, 0) is 11.8 Å². The topological polar surface area (TPSA) is 12.0 Å². The summed E-state index contributed by atoms with van der Waals surface area (Å²) in [6.07, 6.45) is 2.21. The first kappa shape index (κ1) is 15.8. The lowest BCUT2D eigenvalue weighted by Gasteiger charge is -2.27. The number of alkyl halides is 3. The van der Waals surface area contributed by atoms with E-state index in [9.17, 15) is 13.2 Å². The Labute approximate surface area is 99.9 Å². The first-order chi connectivity index (χ1) is 7.18. The molecule has 1 atom stereocenters. The summed E-state index contributed by atoms with van der Waals surface area (Å²) in [7, 11) is 0. The van der Waals surface area contributed by atoms with Gasteiger partial charge in [-0.15, -0.1) is 6.58 Å². The molecule has 1 nitrogen and oxygen atoms in total. The minimum Gasteiger partial charge on any atom is -0.314 e. The van der Waals surface area contributed by atoms with E-state index < -0.39 is 5.51 Å². The van der Waals surface area contributed by atoms with Crippen molar-refractivity contribution in [2.24, 2.45) is 5.41 Å². The molecular weight excluding hydrogens is 235 g/mol. The highest BCUT2D eigenvalue weighted by Crippen LogP contribution is 2.33. The summed E-state index contributed by atoms with van der Waals surface area (Å²) in [4.78, 5) is 0. The minimum absolute atomic E-state index is 0.0345. The molecule has 5 heteroatoms. The van der Waals surface area contributed by atoms with Crippen LogP contribution in [0.25, 0.3) is 0 Å². The van der Waals surface area contributed by atoms with Gasteiger partial charge in [0.2, 0.25) is 0 Å². The zero-order chi connectivity index (χ0) is 12.8. The van der Waals surface area contributed by atoms with Gasteiger partial charge in [0.05, 0.1) is 0 Å². The summed E-state index contributed by atoms with van der Waals surface area (Å²) in [5.74, 6) is 0.0752. The van der Waals surface area contributed by atoms with Crippen LogP contribution in [0.2, 0.25) is 0 Å². The van der Waals surface area contributed by atoms with E-state index in [-0.39, 0.29) is 22.9 Å². The lowest BCUT2D eigenvalue weighted by molar-refractivity contribution is -0.0328. The Morgan fingerprint density at radius 2 is 1.94 bits per heavy atom. The van der Waals surface area contributed by atoms with Crippen molar-refractivity contribution in [3.8, 4) is 0 Å². The Balaban J connectivity index is 4.02. The summed E-state index contributed by atoms with van der Waals surface area (Å²) in [6, 6.07) is 0.328. The minimum atomic E-state index is -4.13. The molecule has 0 aromatic heterocycles. The highest BCUT2D eigenvalue weighted by atomic mass is 32.2. The maximum absolute atomic E-state index is 12.0. The average molecular weight is 255 g/mol. The van der Waals surface area contributed by atoms with Crippen LogP contribution in [0.5, 0.6) is 0 Å². The fourth-order valence-electron chi connectivity index (χ4n) is 1.10. The highest BCUT2D eigenvalue weighted by molar-refractivity contribution is 8.00. The monoisotopic (exact) mass is 255 g/mol. The second-order valence-corrected chi connectivity index (χ2v) is 5.60. The van der Waals surface area contributed by atoms with Gasteiger partial charge in [-0.1, -0.05) is 38.6 Å². The van der Waals surface area contributed by atoms with Gasteiger partial charge >= 0.3 is 5.51 Å². The normalized spacial score (nSPS) is 16.2. The molecule has 0 aromatic rings. The zero-order valence-electron chi connectivity index (χ0n) is 10.0. The van der Waals surface area contributed by atoms with Gasteiger partial charge in [-0.2, -0.15) is 13.2 Å². The Bertz CT molecular complexity index is 216. The van der Waals surface area contributed by atoms with Crippen LogP contribution in [0.4, 0.5) is 13.2 Å². The molecule has 0 radical (unpaired) electrons. The molecule has 0 amide bonds. The third kappa shape index (κ3) is 8.05. The third-order valence-electron chi connectivity index (χ3n) is 2.35. The molecule has 0 aliphatic heterocycles. The maximum Gasteiger partial charge on any atom is 0.441 e. The van der Waals surface area contributed by atoms with Gasteiger partial charge in [-0.3, -0.25) is 0 Å². The third-order valence-corrected chi connectivity index (χ3v) is 3.08. The summed E-state index contributed by atoms with van der Waals surface area (Å²) in [6.45, 7) is 10.3. The summed E-state index contributed by atoms with van der Waals surface area (Å²) >= 11 is 0.0345. The number of nitrogens with one attached hydrogen (secondary N) is 1. The van der Waals surface area contributed by atoms with Crippen molar-refractivity contribution in [2.45, 2.75) is 38.7 Å². The van der Waals surface area contributed by atoms with Crippen molar-refractivity contribution >= 4 is 11.8 Å². The molecule has 0 rings (SSSR count). The average Bonchev–Trinajstić information content (AvgIpc) is 2.13. The summed E-state index contributed by atoms with van der Waals surface area (Å²) in [5.41, 5.74) is -4.41. The molecule has 0 heterocycles. The Kier molecular flexibility index (Phi) is 6.48. The molecule has 1 unspecified atom stereocenters. The molecule has 0 saturated carbocycles. The first-order valence-electron chi connectivity index (χ1n) is 5.26. The lowest BCUT2D eigenvalue weighted by atomic mass is 9.87. The number of hydrogen-bond acceptors (Lipinski definition) is 2. The highest BCUT2D eigenvalue weighted by Gasteiger charge is 2.29. The van der Waals surface area contributed by atoms with Crippen LogP contribution in [-0.2, 0) is 0 Å². The van der Waals surface area contributed by atoms with E-state index in [2.05, 4.69) is 11.9 Å². The first-order valence-corrected chi connectivity index (χ1v) is 6.25. The molecule has 1 N–H and O–H groups in total. The van der Waals surface area contributed by atoms with Gasteiger partial charge in [-0.25, -0.2) is 0 Å². The molecular formula is C11H20F3NS. The van der Waals surface area contributed by atoms with Crippen LogP contribution in [0, 0.1) is 5.41 Å². The van der Waals surface area contributed by atoms with Gasteiger partial charge in [0.25, 0.3) is 0 Å². The fourth-order valence-corrected chi connectivity index (χ4v) is 1.90. The fraction of sp³-hybridized carbons (Fsp3) is 0.818. The molecule has 0 bridgehead atoms. The molecule has 0 fully saturated rings. The van der Waals surface area contributed by atoms with Gasteiger partial charge in [0, 0.05) is 18.3 Å². The van der Waals surface area contributed by atoms with Crippen molar-refractivity contribution in [1.82, 2.24) is 5.32 Å². The number of halogens is 3. The van der Waals surface area contributed by atoms with E-state index in [0.717, 1.165) is 0 Å². The van der Waals surface area contributed by atoms with Crippen molar-refractivity contribution in [3.05, 3.63) is 12.7 Å². The molecule has 96 valence electrons. The molecule has 0 aliphatic rings. The Hall–Kier alpha value is -0.160. The van der Waals surface area contributed by atoms with E-state index in [1.54, 1.807) is 6.08 Å². The Morgan fingerprint density at radius 1 is 1.38 bits per heavy atom. The summed E-state index contributed by atoms with van der Waals surface area (Å²) < 4.78 is 35.9. The van der Waals surface area contributed by atoms with Crippen LogP contribution >= 0.6 is 11.8 Å². The van der Waals surface area contributed by atoms with E-state index in [0.29, 0.717) is 19.0 Å². The number of rotatable bonds is 7. The van der Waals surface area contributed by atoms with Gasteiger partial charge < -0.3 is 5.32 Å². The second kappa shape index (κ2) is 6.55. The van der Waals surface area contributed by atoms with Gasteiger partial charge in [0.1, 0.15) is 0 Å². The standard InChI is InChI=1S/C11H20F3NS/c1-5-10(4,8-15-9(2)3)6-7-16-11(12,13)14/h5,9,15H,1,6-8H2,2-4H3. The lowest BCUT2D eigenvalue weighted by Crippen LogP contribution is -2.35. The van der Waals surface area contributed by atoms with Crippen molar-refractivity contribution in [1.29, 1.82) is 0 Å². The Morgan fingerprint density at radius 3 is 2.31 bits per heavy atom. The van der Waals surface area contributed by atoms with E-state index in [1.807, 2.05) is 20.8 Å². The van der Waals surface area contributed by atoms with E-state index >= 15 is 0 Å². The zero-order valence-corrected chi connectivity index (χ0v) is 10.8. The second-order valence-electron chi connectivity index (χ2n) is 4.44. The van der Waals surface area contributed by atoms with Crippen molar-refractivity contribution < 1.29 is 13.2 Å².